The number of aryl methyl sites for hydroxylation is 2. The van der Waals surface area contributed by atoms with Crippen LogP contribution in [0.5, 0.6) is 5.75 Å². The Bertz CT molecular complexity index is 411. The summed E-state index contributed by atoms with van der Waals surface area (Å²) in [5, 5.41) is 3.37. The molecule has 1 fully saturated rings. The second-order valence-corrected chi connectivity index (χ2v) is 5.53. The summed E-state index contributed by atoms with van der Waals surface area (Å²) in [5.74, 6) is 1.09. The highest BCUT2D eigenvalue weighted by atomic mass is 16.5. The quantitative estimate of drug-likeness (QED) is 0.900. The summed E-state index contributed by atoms with van der Waals surface area (Å²) in [6.07, 6.45) is 0. The lowest BCUT2D eigenvalue weighted by Crippen LogP contribution is -2.44. The molecule has 2 rings (SSSR count). The second kappa shape index (κ2) is 6.40. The Morgan fingerprint density at radius 3 is 2.21 bits per heavy atom. The predicted molar refractivity (Wildman–Crippen MR) is 80.2 cm³/mol. The lowest BCUT2D eigenvalue weighted by Gasteiger charge is -2.27. The second-order valence-electron chi connectivity index (χ2n) is 5.53. The molecule has 0 bridgehead atoms. The molecule has 0 amide bonds. The van der Waals surface area contributed by atoms with Gasteiger partial charge >= 0.3 is 0 Å². The highest BCUT2D eigenvalue weighted by molar-refractivity contribution is 5.48. The van der Waals surface area contributed by atoms with Crippen LogP contribution in [-0.4, -0.2) is 44.2 Å². The van der Waals surface area contributed by atoms with Crippen LogP contribution in [0.1, 0.15) is 22.3 Å². The van der Waals surface area contributed by atoms with Gasteiger partial charge in [-0.2, -0.15) is 0 Å². The summed E-state index contributed by atoms with van der Waals surface area (Å²) in [5.41, 5.74) is 5.20. The van der Waals surface area contributed by atoms with Crippen LogP contribution in [0, 0.1) is 27.7 Å². The van der Waals surface area contributed by atoms with Gasteiger partial charge in [-0.15, -0.1) is 0 Å². The molecule has 1 saturated heterocycles. The largest absolute Gasteiger partial charge is 0.492 e. The molecule has 1 heterocycles. The molecule has 3 heteroatoms. The predicted octanol–water partition coefficient (Wildman–Crippen LogP) is 2.20. The fourth-order valence-corrected chi connectivity index (χ4v) is 2.61. The average molecular weight is 262 g/mol. The third-order valence-corrected chi connectivity index (χ3v) is 4.16. The van der Waals surface area contributed by atoms with Crippen LogP contribution in [-0.2, 0) is 0 Å². The number of hydrogen-bond donors (Lipinski definition) is 1. The minimum absolute atomic E-state index is 0.782. The Kier molecular flexibility index (Phi) is 4.83. The van der Waals surface area contributed by atoms with Crippen LogP contribution >= 0.6 is 0 Å². The minimum Gasteiger partial charge on any atom is -0.492 e. The van der Waals surface area contributed by atoms with Crippen LogP contribution in [0.3, 0.4) is 0 Å². The summed E-state index contributed by atoms with van der Waals surface area (Å²) < 4.78 is 6.07. The van der Waals surface area contributed by atoms with E-state index >= 15 is 0 Å². The van der Waals surface area contributed by atoms with E-state index in [1.54, 1.807) is 0 Å². The summed E-state index contributed by atoms with van der Waals surface area (Å²) in [7, 11) is 0. The summed E-state index contributed by atoms with van der Waals surface area (Å²) in [6.45, 7) is 14.9. The molecular weight excluding hydrogens is 236 g/mol. The monoisotopic (exact) mass is 262 g/mol. The Balaban J connectivity index is 1.95. The van der Waals surface area contributed by atoms with Crippen molar-refractivity contribution in [1.29, 1.82) is 0 Å². The number of nitrogens with zero attached hydrogens (tertiary/aromatic N) is 1. The molecule has 0 spiro atoms. The standard InChI is InChI=1S/C16H26N2O/c1-12-11-13(2)15(4)16(14(12)3)19-10-9-18-7-5-17-6-8-18/h11,17H,5-10H2,1-4H3. The molecule has 1 aromatic carbocycles. The number of hydrogen-bond acceptors (Lipinski definition) is 3. The first-order chi connectivity index (χ1) is 9.09. The summed E-state index contributed by atoms with van der Waals surface area (Å²) in [6, 6.07) is 2.24. The van der Waals surface area contributed by atoms with Crippen molar-refractivity contribution >= 4 is 0 Å². The smallest absolute Gasteiger partial charge is 0.125 e. The van der Waals surface area contributed by atoms with E-state index in [2.05, 4.69) is 44.0 Å². The first-order valence-electron chi connectivity index (χ1n) is 7.23. The zero-order valence-electron chi connectivity index (χ0n) is 12.7. The van der Waals surface area contributed by atoms with Gasteiger partial charge in [-0.25, -0.2) is 0 Å². The van der Waals surface area contributed by atoms with Crippen molar-refractivity contribution in [3.8, 4) is 5.75 Å². The van der Waals surface area contributed by atoms with Crippen molar-refractivity contribution in [2.75, 3.05) is 39.3 Å². The van der Waals surface area contributed by atoms with E-state index in [1.807, 2.05) is 0 Å². The normalized spacial score (nSPS) is 16.6. The van der Waals surface area contributed by atoms with E-state index in [-0.39, 0.29) is 0 Å². The molecule has 1 aromatic rings. The molecule has 1 N–H and O–H groups in total. The maximum absolute atomic E-state index is 6.07. The highest BCUT2D eigenvalue weighted by Gasteiger charge is 2.12. The van der Waals surface area contributed by atoms with Crippen molar-refractivity contribution in [1.82, 2.24) is 10.2 Å². The van der Waals surface area contributed by atoms with Crippen LogP contribution in [0.4, 0.5) is 0 Å². The minimum atomic E-state index is 0.782. The number of rotatable bonds is 4. The lowest BCUT2D eigenvalue weighted by molar-refractivity contribution is 0.190. The van der Waals surface area contributed by atoms with Gasteiger partial charge in [-0.1, -0.05) is 6.07 Å². The van der Waals surface area contributed by atoms with E-state index in [1.165, 1.54) is 22.3 Å². The molecule has 1 aliphatic rings. The third-order valence-electron chi connectivity index (χ3n) is 4.16. The lowest BCUT2D eigenvalue weighted by atomic mass is 10.0. The van der Waals surface area contributed by atoms with Gasteiger partial charge in [0.05, 0.1) is 0 Å². The maximum atomic E-state index is 6.07. The van der Waals surface area contributed by atoms with Crippen LogP contribution < -0.4 is 10.1 Å². The molecule has 3 nitrogen and oxygen atoms in total. The van der Waals surface area contributed by atoms with Gasteiger partial charge in [0.1, 0.15) is 12.4 Å². The SMILES string of the molecule is Cc1cc(C)c(C)c(OCCN2CCNCC2)c1C. The van der Waals surface area contributed by atoms with Crippen LogP contribution in [0.25, 0.3) is 0 Å². The Labute approximate surface area is 116 Å². The van der Waals surface area contributed by atoms with Crippen molar-refractivity contribution in [2.24, 2.45) is 0 Å². The number of benzene rings is 1. The van der Waals surface area contributed by atoms with Crippen LogP contribution in [0.2, 0.25) is 0 Å². The van der Waals surface area contributed by atoms with E-state index in [0.29, 0.717) is 0 Å². The Morgan fingerprint density at radius 2 is 1.63 bits per heavy atom. The zero-order chi connectivity index (χ0) is 13.8. The topological polar surface area (TPSA) is 24.5 Å². The van der Waals surface area contributed by atoms with Gasteiger partial charge in [-0.05, 0) is 49.9 Å². The fourth-order valence-electron chi connectivity index (χ4n) is 2.61. The molecule has 0 unspecified atom stereocenters. The van der Waals surface area contributed by atoms with Crippen molar-refractivity contribution in [3.63, 3.8) is 0 Å². The maximum Gasteiger partial charge on any atom is 0.125 e. The fraction of sp³-hybridized carbons (Fsp3) is 0.625. The average Bonchev–Trinajstić information content (AvgIpc) is 2.42. The molecule has 0 atom stereocenters. The zero-order valence-corrected chi connectivity index (χ0v) is 12.7. The highest BCUT2D eigenvalue weighted by Crippen LogP contribution is 2.28. The molecule has 19 heavy (non-hydrogen) atoms. The summed E-state index contributed by atoms with van der Waals surface area (Å²) >= 11 is 0. The Morgan fingerprint density at radius 1 is 1.05 bits per heavy atom. The molecule has 0 radical (unpaired) electrons. The first kappa shape index (κ1) is 14.4. The van der Waals surface area contributed by atoms with Crippen molar-refractivity contribution in [3.05, 3.63) is 28.3 Å². The van der Waals surface area contributed by atoms with E-state index < -0.39 is 0 Å². The van der Waals surface area contributed by atoms with Crippen molar-refractivity contribution < 1.29 is 4.74 Å². The van der Waals surface area contributed by atoms with Crippen molar-refractivity contribution in [2.45, 2.75) is 27.7 Å². The van der Waals surface area contributed by atoms with E-state index in [0.717, 1.165) is 45.1 Å². The number of ether oxygens (including phenoxy) is 1. The van der Waals surface area contributed by atoms with Gasteiger partial charge in [-0.3, -0.25) is 4.90 Å². The van der Waals surface area contributed by atoms with Gasteiger partial charge in [0.2, 0.25) is 0 Å². The molecule has 0 saturated carbocycles. The van der Waals surface area contributed by atoms with Gasteiger partial charge in [0.25, 0.3) is 0 Å². The van der Waals surface area contributed by atoms with E-state index in [9.17, 15) is 0 Å². The molecule has 1 aliphatic heterocycles. The van der Waals surface area contributed by atoms with Gasteiger partial charge in [0, 0.05) is 32.7 Å². The van der Waals surface area contributed by atoms with E-state index in [4.69, 9.17) is 4.74 Å². The van der Waals surface area contributed by atoms with Gasteiger partial charge < -0.3 is 10.1 Å². The number of nitrogens with one attached hydrogen (secondary N) is 1. The third kappa shape index (κ3) is 3.48. The molecule has 0 aliphatic carbocycles. The number of piperazine rings is 1. The molecular formula is C16H26N2O. The molecule has 106 valence electrons. The summed E-state index contributed by atoms with van der Waals surface area (Å²) in [4.78, 5) is 2.46. The van der Waals surface area contributed by atoms with Crippen LogP contribution in [0.15, 0.2) is 6.07 Å². The Hall–Kier alpha value is -1.06. The first-order valence-corrected chi connectivity index (χ1v) is 7.23. The van der Waals surface area contributed by atoms with Gasteiger partial charge in [0.15, 0.2) is 0 Å². The molecule has 0 aromatic heterocycles.